The van der Waals surface area contributed by atoms with Gasteiger partial charge in [0.1, 0.15) is 11.6 Å². The molecule has 0 radical (unpaired) electrons. The van der Waals surface area contributed by atoms with Gasteiger partial charge in [0.2, 0.25) is 0 Å². The highest BCUT2D eigenvalue weighted by atomic mass is 79.9. The Morgan fingerprint density at radius 1 is 1.33 bits per heavy atom. The van der Waals surface area contributed by atoms with Gasteiger partial charge >= 0.3 is 0 Å². The molecule has 1 heterocycles. The first-order valence-corrected chi connectivity index (χ1v) is 7.76. The average molecular weight is 377 g/mol. The van der Waals surface area contributed by atoms with Crippen LogP contribution in [0.2, 0.25) is 0 Å². The van der Waals surface area contributed by atoms with Gasteiger partial charge in [-0.15, -0.1) is 5.10 Å². The van der Waals surface area contributed by atoms with Gasteiger partial charge in [-0.3, -0.25) is 5.84 Å². The molecule has 4 nitrogen and oxygen atoms in total. The molecule has 2 rings (SSSR count). The van der Waals surface area contributed by atoms with Gasteiger partial charge in [-0.25, -0.2) is 14.2 Å². The molecule has 0 amide bonds. The lowest BCUT2D eigenvalue weighted by atomic mass is 9.89. The van der Waals surface area contributed by atoms with Crippen LogP contribution in [0.25, 0.3) is 0 Å². The van der Waals surface area contributed by atoms with E-state index in [0.717, 1.165) is 11.5 Å². The number of hydrazine groups is 1. The van der Waals surface area contributed by atoms with Crippen LogP contribution in [0, 0.1) is 11.6 Å². The van der Waals surface area contributed by atoms with Gasteiger partial charge in [0, 0.05) is 11.0 Å². The van der Waals surface area contributed by atoms with Crippen LogP contribution < -0.4 is 11.3 Å². The number of nitrogens with one attached hydrogen (secondary N) is 1. The van der Waals surface area contributed by atoms with Crippen molar-refractivity contribution in [2.24, 2.45) is 5.84 Å². The Balaban J connectivity index is 2.62. The minimum atomic E-state index is -0.850. The second-order valence-electron chi connectivity index (χ2n) is 5.59. The molecule has 3 N–H and O–H groups in total. The quantitative estimate of drug-likeness (QED) is 0.489. The predicted octanol–water partition coefficient (Wildman–Crippen LogP) is 3.43. The second kappa shape index (κ2) is 6.04. The summed E-state index contributed by atoms with van der Waals surface area (Å²) in [5.41, 5.74) is 2.67. The van der Waals surface area contributed by atoms with Gasteiger partial charge in [0.25, 0.3) is 0 Å². The molecule has 0 spiro atoms. The standard InChI is InChI=1S/C13H15BrF2N4S/c1-13(2,3)12-11(21-20-19-12)10(18-17)8-7(15)5-4-6(14)9(8)16/h4-5,10,18H,17H2,1-3H3. The van der Waals surface area contributed by atoms with Gasteiger partial charge in [-0.2, -0.15) is 0 Å². The molecule has 0 bridgehead atoms. The van der Waals surface area contributed by atoms with Gasteiger partial charge in [0.05, 0.1) is 21.1 Å². The third kappa shape index (κ3) is 3.13. The second-order valence-corrected chi connectivity index (χ2v) is 7.23. The average Bonchev–Trinajstić information content (AvgIpc) is 2.88. The summed E-state index contributed by atoms with van der Waals surface area (Å²) in [7, 11) is 0. The summed E-state index contributed by atoms with van der Waals surface area (Å²) in [5.74, 6) is 4.19. The highest BCUT2D eigenvalue weighted by Gasteiger charge is 2.31. The minimum Gasteiger partial charge on any atom is -0.271 e. The Morgan fingerprint density at radius 3 is 2.57 bits per heavy atom. The lowest BCUT2D eigenvalue weighted by Crippen LogP contribution is -2.31. The molecular weight excluding hydrogens is 362 g/mol. The monoisotopic (exact) mass is 376 g/mol. The van der Waals surface area contributed by atoms with Crippen molar-refractivity contribution in [1.29, 1.82) is 0 Å². The van der Waals surface area contributed by atoms with Crippen molar-refractivity contribution < 1.29 is 8.78 Å². The lowest BCUT2D eigenvalue weighted by molar-refractivity contribution is 0.497. The fourth-order valence-electron chi connectivity index (χ4n) is 2.00. The number of nitrogens with zero attached hydrogens (tertiary/aromatic N) is 2. The van der Waals surface area contributed by atoms with Crippen molar-refractivity contribution in [3.8, 4) is 0 Å². The third-order valence-electron chi connectivity index (χ3n) is 3.02. The first-order valence-electron chi connectivity index (χ1n) is 6.19. The molecular formula is C13H15BrF2N4S. The smallest absolute Gasteiger partial charge is 0.145 e. The Bertz CT molecular complexity index is 654. The lowest BCUT2D eigenvalue weighted by Gasteiger charge is -2.22. The van der Waals surface area contributed by atoms with E-state index in [-0.39, 0.29) is 15.5 Å². The maximum absolute atomic E-state index is 14.3. The van der Waals surface area contributed by atoms with Gasteiger partial charge in [0.15, 0.2) is 0 Å². The van der Waals surface area contributed by atoms with Crippen molar-refractivity contribution >= 4 is 27.5 Å². The number of hydrogen-bond donors (Lipinski definition) is 2. The molecule has 1 aromatic carbocycles. The molecule has 0 saturated heterocycles. The zero-order valence-electron chi connectivity index (χ0n) is 11.7. The summed E-state index contributed by atoms with van der Waals surface area (Å²) < 4.78 is 32.5. The maximum atomic E-state index is 14.3. The van der Waals surface area contributed by atoms with Crippen LogP contribution >= 0.6 is 27.5 Å². The first-order chi connectivity index (χ1) is 9.77. The van der Waals surface area contributed by atoms with E-state index in [1.807, 2.05) is 20.8 Å². The van der Waals surface area contributed by atoms with Crippen molar-refractivity contribution in [3.05, 3.63) is 44.4 Å². The van der Waals surface area contributed by atoms with Crippen LogP contribution in [0.1, 0.15) is 42.9 Å². The molecule has 0 aliphatic rings. The fraction of sp³-hybridized carbons (Fsp3) is 0.385. The molecule has 1 unspecified atom stereocenters. The zero-order valence-corrected chi connectivity index (χ0v) is 14.1. The maximum Gasteiger partial charge on any atom is 0.145 e. The predicted molar refractivity (Wildman–Crippen MR) is 81.8 cm³/mol. The van der Waals surface area contributed by atoms with Crippen molar-refractivity contribution in [2.45, 2.75) is 32.2 Å². The molecule has 0 aliphatic carbocycles. The van der Waals surface area contributed by atoms with Crippen molar-refractivity contribution in [1.82, 2.24) is 15.0 Å². The van der Waals surface area contributed by atoms with Crippen molar-refractivity contribution in [3.63, 3.8) is 0 Å². The van der Waals surface area contributed by atoms with Gasteiger partial charge in [-0.05, 0) is 39.6 Å². The Kier molecular flexibility index (Phi) is 4.72. The van der Waals surface area contributed by atoms with E-state index in [4.69, 9.17) is 5.84 Å². The van der Waals surface area contributed by atoms with Crippen LogP contribution in [0.15, 0.2) is 16.6 Å². The summed E-state index contributed by atoms with van der Waals surface area (Å²) in [6.07, 6.45) is 0. The summed E-state index contributed by atoms with van der Waals surface area (Å²) in [6, 6.07) is 1.66. The Hall–Kier alpha value is -0.960. The third-order valence-corrected chi connectivity index (χ3v) is 4.42. The molecule has 8 heteroatoms. The van der Waals surface area contributed by atoms with Crippen LogP contribution in [0.4, 0.5) is 8.78 Å². The molecule has 0 fully saturated rings. The number of halogens is 3. The summed E-state index contributed by atoms with van der Waals surface area (Å²) in [4.78, 5) is 0.598. The highest BCUT2D eigenvalue weighted by molar-refractivity contribution is 9.10. The van der Waals surface area contributed by atoms with Crippen LogP contribution in [-0.4, -0.2) is 9.59 Å². The SMILES string of the molecule is CC(C)(C)c1nnsc1C(NN)c1c(F)ccc(Br)c1F. The van der Waals surface area contributed by atoms with E-state index in [2.05, 4.69) is 30.9 Å². The number of nitrogens with two attached hydrogens (primary N) is 1. The van der Waals surface area contributed by atoms with E-state index in [0.29, 0.717) is 10.6 Å². The summed E-state index contributed by atoms with van der Waals surface area (Å²) in [6.45, 7) is 5.86. The van der Waals surface area contributed by atoms with E-state index >= 15 is 0 Å². The first kappa shape index (κ1) is 16.4. The fourth-order valence-corrected chi connectivity index (χ4v) is 3.29. The normalized spacial score (nSPS) is 13.5. The summed E-state index contributed by atoms with van der Waals surface area (Å²) >= 11 is 4.14. The summed E-state index contributed by atoms with van der Waals surface area (Å²) in [5, 5.41) is 4.08. The number of rotatable bonds is 3. The van der Waals surface area contributed by atoms with E-state index in [1.54, 1.807) is 0 Å². The molecule has 0 saturated carbocycles. The Labute approximate surface area is 134 Å². The molecule has 0 aliphatic heterocycles. The van der Waals surface area contributed by atoms with Gasteiger partial charge in [-0.1, -0.05) is 25.3 Å². The van der Waals surface area contributed by atoms with E-state index in [1.165, 1.54) is 12.1 Å². The highest BCUT2D eigenvalue weighted by Crippen LogP contribution is 2.36. The molecule has 114 valence electrons. The topological polar surface area (TPSA) is 63.8 Å². The van der Waals surface area contributed by atoms with Crippen molar-refractivity contribution in [2.75, 3.05) is 0 Å². The van der Waals surface area contributed by atoms with Crippen LogP contribution in [0.3, 0.4) is 0 Å². The molecule has 1 atom stereocenters. The van der Waals surface area contributed by atoms with Gasteiger partial charge < -0.3 is 0 Å². The molecule has 1 aromatic heterocycles. The number of hydrogen-bond acceptors (Lipinski definition) is 5. The van der Waals surface area contributed by atoms with E-state index in [9.17, 15) is 8.78 Å². The number of benzene rings is 1. The Morgan fingerprint density at radius 2 is 2.00 bits per heavy atom. The van der Waals surface area contributed by atoms with Crippen LogP contribution in [0.5, 0.6) is 0 Å². The minimum absolute atomic E-state index is 0.150. The van der Waals surface area contributed by atoms with E-state index < -0.39 is 17.7 Å². The number of aromatic nitrogens is 2. The molecule has 2 aromatic rings. The largest absolute Gasteiger partial charge is 0.271 e. The van der Waals surface area contributed by atoms with Crippen LogP contribution in [-0.2, 0) is 5.41 Å². The molecule has 21 heavy (non-hydrogen) atoms. The zero-order chi connectivity index (χ0) is 15.8.